The van der Waals surface area contributed by atoms with E-state index in [0.29, 0.717) is 12.1 Å². The lowest BCUT2D eigenvalue weighted by atomic mass is 9.78. The highest BCUT2D eigenvalue weighted by molar-refractivity contribution is 5.73. The number of hydrogen-bond acceptors (Lipinski definition) is 3. The third-order valence-electron chi connectivity index (χ3n) is 5.33. The first-order chi connectivity index (χ1) is 10.3. The van der Waals surface area contributed by atoms with Crippen LogP contribution in [0.3, 0.4) is 0 Å². The van der Waals surface area contributed by atoms with Crippen LogP contribution in [0, 0.1) is 5.92 Å². The van der Waals surface area contributed by atoms with Crippen molar-refractivity contribution in [2.24, 2.45) is 5.92 Å². The van der Waals surface area contributed by atoms with E-state index < -0.39 is 0 Å². The average molecular weight is 284 g/mol. The van der Waals surface area contributed by atoms with E-state index in [1.807, 2.05) is 0 Å². The van der Waals surface area contributed by atoms with E-state index in [1.165, 1.54) is 37.7 Å². The van der Waals surface area contributed by atoms with Crippen molar-refractivity contribution in [3.63, 3.8) is 0 Å². The second kappa shape index (κ2) is 5.45. The zero-order chi connectivity index (χ0) is 14.2. The first kappa shape index (κ1) is 13.3. The van der Waals surface area contributed by atoms with E-state index >= 15 is 0 Å². The maximum atomic E-state index is 6.01. The molecule has 1 aromatic carbocycles. The van der Waals surface area contributed by atoms with Crippen molar-refractivity contribution in [2.45, 2.75) is 64.0 Å². The fourth-order valence-electron chi connectivity index (χ4n) is 4.05. The molecule has 0 radical (unpaired) electrons. The zero-order valence-electron chi connectivity index (χ0n) is 12.8. The quantitative estimate of drug-likeness (QED) is 0.889. The first-order valence-electron chi connectivity index (χ1n) is 8.49. The molecular weight excluding hydrogens is 260 g/mol. The van der Waals surface area contributed by atoms with Gasteiger partial charge < -0.3 is 9.73 Å². The second-order valence-corrected chi connectivity index (χ2v) is 6.66. The van der Waals surface area contributed by atoms with Gasteiger partial charge in [0.15, 0.2) is 5.58 Å². The number of nitrogens with one attached hydrogen (secondary N) is 1. The normalized spacial score (nSPS) is 29.5. The van der Waals surface area contributed by atoms with Gasteiger partial charge in [-0.2, -0.15) is 0 Å². The molecular formula is C18H24N2O. The van der Waals surface area contributed by atoms with Crippen LogP contribution in [0.5, 0.6) is 0 Å². The summed E-state index contributed by atoms with van der Waals surface area (Å²) in [5.74, 6) is 1.77. The largest absolute Gasteiger partial charge is 0.439 e. The number of benzene rings is 1. The molecule has 2 aromatic rings. The van der Waals surface area contributed by atoms with Gasteiger partial charge in [0.25, 0.3) is 0 Å². The maximum absolute atomic E-state index is 6.01. The predicted octanol–water partition coefficient (Wildman–Crippen LogP) is 4.37. The van der Waals surface area contributed by atoms with Gasteiger partial charge in [-0.25, -0.2) is 4.98 Å². The minimum atomic E-state index is 0.307. The van der Waals surface area contributed by atoms with Crippen LogP contribution in [0.2, 0.25) is 0 Å². The standard InChI is InChI=1S/C18H24N2O/c1-2-12-7-10-17-16(11-12)20-18(21-17)15-9-8-13-5-3-4-6-14(13)19-15/h7,10-11,13-15,19H,2-6,8-9H2,1H3. The SMILES string of the molecule is CCc1ccc2oc(C3CCC4CCCCC4N3)nc2c1. The molecule has 3 nitrogen and oxygen atoms in total. The molecule has 1 aromatic heterocycles. The van der Waals surface area contributed by atoms with Crippen molar-refractivity contribution < 1.29 is 4.42 Å². The summed E-state index contributed by atoms with van der Waals surface area (Å²) in [6.07, 6.45) is 9.03. The summed E-state index contributed by atoms with van der Waals surface area (Å²) in [5.41, 5.74) is 3.26. The fraction of sp³-hybridized carbons (Fsp3) is 0.611. The third-order valence-corrected chi connectivity index (χ3v) is 5.33. The Morgan fingerprint density at radius 2 is 2.10 bits per heavy atom. The van der Waals surface area contributed by atoms with E-state index in [4.69, 9.17) is 9.40 Å². The Kier molecular flexibility index (Phi) is 3.46. The van der Waals surface area contributed by atoms with Crippen LogP contribution < -0.4 is 5.32 Å². The van der Waals surface area contributed by atoms with Crippen molar-refractivity contribution in [1.29, 1.82) is 0 Å². The Bertz CT molecular complexity index is 633. The smallest absolute Gasteiger partial charge is 0.212 e. The maximum Gasteiger partial charge on any atom is 0.212 e. The first-order valence-corrected chi connectivity index (χ1v) is 8.49. The van der Waals surface area contributed by atoms with Gasteiger partial charge in [0, 0.05) is 6.04 Å². The van der Waals surface area contributed by atoms with Gasteiger partial charge in [0.05, 0.1) is 6.04 Å². The molecule has 0 amide bonds. The predicted molar refractivity (Wildman–Crippen MR) is 84.2 cm³/mol. The molecule has 21 heavy (non-hydrogen) atoms. The molecule has 3 unspecified atom stereocenters. The highest BCUT2D eigenvalue weighted by Crippen LogP contribution is 2.37. The van der Waals surface area contributed by atoms with Crippen LogP contribution in [0.4, 0.5) is 0 Å². The molecule has 0 spiro atoms. The number of aromatic nitrogens is 1. The molecule has 3 heteroatoms. The van der Waals surface area contributed by atoms with Crippen molar-refractivity contribution in [3.05, 3.63) is 29.7 Å². The lowest BCUT2D eigenvalue weighted by molar-refractivity contribution is 0.164. The van der Waals surface area contributed by atoms with E-state index in [9.17, 15) is 0 Å². The van der Waals surface area contributed by atoms with Gasteiger partial charge in [-0.15, -0.1) is 0 Å². The summed E-state index contributed by atoms with van der Waals surface area (Å²) < 4.78 is 6.01. The zero-order valence-corrected chi connectivity index (χ0v) is 12.8. The summed E-state index contributed by atoms with van der Waals surface area (Å²) in [7, 11) is 0. The van der Waals surface area contributed by atoms with Gasteiger partial charge in [0.1, 0.15) is 5.52 Å². The van der Waals surface area contributed by atoms with E-state index in [0.717, 1.165) is 35.7 Å². The Morgan fingerprint density at radius 3 is 3.00 bits per heavy atom. The van der Waals surface area contributed by atoms with Crippen LogP contribution in [0.1, 0.15) is 62.9 Å². The third kappa shape index (κ3) is 2.48. The highest BCUT2D eigenvalue weighted by atomic mass is 16.3. The molecule has 0 bridgehead atoms. The van der Waals surface area contributed by atoms with Crippen molar-refractivity contribution in [2.75, 3.05) is 0 Å². The molecule has 1 aliphatic carbocycles. The fourth-order valence-corrected chi connectivity index (χ4v) is 4.05. The lowest BCUT2D eigenvalue weighted by Gasteiger charge is -2.39. The molecule has 2 fully saturated rings. The second-order valence-electron chi connectivity index (χ2n) is 6.66. The molecule has 2 heterocycles. The minimum Gasteiger partial charge on any atom is -0.439 e. The minimum absolute atomic E-state index is 0.307. The Balaban J connectivity index is 1.58. The number of piperidine rings is 1. The average Bonchev–Trinajstić information content (AvgIpc) is 2.97. The number of fused-ring (bicyclic) bond motifs is 2. The van der Waals surface area contributed by atoms with Gasteiger partial charge >= 0.3 is 0 Å². The highest BCUT2D eigenvalue weighted by Gasteiger charge is 2.34. The number of nitrogens with zero attached hydrogens (tertiary/aromatic N) is 1. The number of hydrogen-bond donors (Lipinski definition) is 1. The summed E-state index contributed by atoms with van der Waals surface area (Å²) in [4.78, 5) is 4.75. The monoisotopic (exact) mass is 284 g/mol. The Morgan fingerprint density at radius 1 is 1.19 bits per heavy atom. The van der Waals surface area contributed by atoms with Gasteiger partial charge in [-0.1, -0.05) is 25.8 Å². The van der Waals surface area contributed by atoms with Crippen LogP contribution in [-0.4, -0.2) is 11.0 Å². The van der Waals surface area contributed by atoms with E-state index in [2.05, 4.69) is 30.4 Å². The Labute approximate surface area is 126 Å². The molecule has 3 atom stereocenters. The Hall–Kier alpha value is -1.35. The van der Waals surface area contributed by atoms with Gasteiger partial charge in [-0.05, 0) is 55.7 Å². The topological polar surface area (TPSA) is 38.1 Å². The molecule has 4 rings (SSSR count). The van der Waals surface area contributed by atoms with Crippen molar-refractivity contribution in [1.82, 2.24) is 10.3 Å². The summed E-state index contributed by atoms with van der Waals surface area (Å²) >= 11 is 0. The van der Waals surface area contributed by atoms with Crippen LogP contribution in [0.25, 0.3) is 11.1 Å². The number of oxazole rings is 1. The molecule has 112 valence electrons. The van der Waals surface area contributed by atoms with Crippen LogP contribution >= 0.6 is 0 Å². The van der Waals surface area contributed by atoms with E-state index in [1.54, 1.807) is 0 Å². The number of rotatable bonds is 2. The molecule has 1 saturated heterocycles. The lowest BCUT2D eigenvalue weighted by Crippen LogP contribution is -2.44. The molecule has 1 N–H and O–H groups in total. The van der Waals surface area contributed by atoms with Crippen LogP contribution in [-0.2, 0) is 6.42 Å². The summed E-state index contributed by atoms with van der Waals surface area (Å²) in [5, 5.41) is 3.80. The summed E-state index contributed by atoms with van der Waals surface area (Å²) in [6, 6.07) is 7.36. The molecule has 1 saturated carbocycles. The van der Waals surface area contributed by atoms with E-state index in [-0.39, 0.29) is 0 Å². The summed E-state index contributed by atoms with van der Waals surface area (Å²) in [6.45, 7) is 2.17. The van der Waals surface area contributed by atoms with Crippen molar-refractivity contribution >= 4 is 11.1 Å². The molecule has 2 aliphatic rings. The van der Waals surface area contributed by atoms with Gasteiger partial charge in [-0.3, -0.25) is 0 Å². The number of aryl methyl sites for hydroxylation is 1. The molecule has 1 aliphatic heterocycles. The van der Waals surface area contributed by atoms with Crippen molar-refractivity contribution in [3.8, 4) is 0 Å². The van der Waals surface area contributed by atoms with Gasteiger partial charge in [0.2, 0.25) is 5.89 Å². The van der Waals surface area contributed by atoms with Crippen LogP contribution in [0.15, 0.2) is 22.6 Å².